The molecule has 0 bridgehead atoms. The summed E-state index contributed by atoms with van der Waals surface area (Å²) >= 11 is 5.18. The number of phenolic OH excluding ortho intramolecular Hbond substituents is 1. The van der Waals surface area contributed by atoms with Crippen molar-refractivity contribution in [2.45, 2.75) is 13.0 Å². The van der Waals surface area contributed by atoms with Gasteiger partial charge in [-0.25, -0.2) is 4.39 Å². The van der Waals surface area contributed by atoms with E-state index >= 15 is 0 Å². The lowest BCUT2D eigenvalue weighted by atomic mass is 9.95. The van der Waals surface area contributed by atoms with Crippen molar-refractivity contribution in [2.75, 3.05) is 5.32 Å². The number of allylic oxidation sites excluding steroid dienone is 1. The zero-order valence-electron chi connectivity index (χ0n) is 13.3. The highest BCUT2D eigenvalue weighted by atomic mass is 32.1. The number of halogens is 1. The topological polar surface area (TPSA) is 73.4 Å². The number of para-hydroxylation sites is 1. The van der Waals surface area contributed by atoms with Gasteiger partial charge in [0.2, 0.25) is 0 Å². The van der Waals surface area contributed by atoms with Crippen LogP contribution in [0.5, 0.6) is 5.75 Å². The Labute approximate surface area is 149 Å². The Morgan fingerprint density at radius 3 is 2.56 bits per heavy atom. The number of nitrogens with one attached hydrogen (secondary N) is 3. The monoisotopic (exact) mass is 357 g/mol. The predicted molar refractivity (Wildman–Crippen MR) is 97.4 cm³/mol. The number of anilines is 1. The highest BCUT2D eigenvalue weighted by Gasteiger charge is 2.30. The van der Waals surface area contributed by atoms with E-state index in [-0.39, 0.29) is 11.4 Å². The molecular weight excluding hydrogens is 341 g/mol. The molecule has 0 saturated carbocycles. The van der Waals surface area contributed by atoms with Crippen LogP contribution in [0.3, 0.4) is 0 Å². The van der Waals surface area contributed by atoms with Crippen molar-refractivity contribution >= 4 is 28.9 Å². The van der Waals surface area contributed by atoms with E-state index in [4.69, 9.17) is 12.2 Å². The van der Waals surface area contributed by atoms with Gasteiger partial charge >= 0.3 is 0 Å². The van der Waals surface area contributed by atoms with Crippen molar-refractivity contribution in [3.8, 4) is 5.75 Å². The lowest BCUT2D eigenvalue weighted by molar-refractivity contribution is -0.113. The van der Waals surface area contributed by atoms with E-state index in [1.807, 2.05) is 0 Å². The molecule has 5 nitrogen and oxygen atoms in total. The molecule has 2 aromatic rings. The molecule has 0 radical (unpaired) electrons. The van der Waals surface area contributed by atoms with E-state index in [9.17, 15) is 14.3 Å². The molecule has 4 N–H and O–H groups in total. The zero-order valence-corrected chi connectivity index (χ0v) is 14.2. The third kappa shape index (κ3) is 3.61. The number of rotatable bonds is 3. The lowest BCUT2D eigenvalue weighted by Gasteiger charge is -2.30. The first-order valence-corrected chi connectivity index (χ1v) is 7.99. The average molecular weight is 357 g/mol. The molecule has 2 aromatic carbocycles. The largest absolute Gasteiger partial charge is 0.508 e. The number of benzene rings is 2. The van der Waals surface area contributed by atoms with Gasteiger partial charge in [0, 0.05) is 5.70 Å². The Morgan fingerprint density at radius 2 is 1.88 bits per heavy atom. The number of carbonyl (C=O) groups excluding carboxylic acids is 1. The minimum Gasteiger partial charge on any atom is -0.508 e. The molecule has 1 atom stereocenters. The van der Waals surface area contributed by atoms with E-state index in [1.54, 1.807) is 31.2 Å². The molecule has 0 aliphatic carbocycles. The highest BCUT2D eigenvalue weighted by molar-refractivity contribution is 7.80. The first-order valence-electron chi connectivity index (χ1n) is 7.59. The first kappa shape index (κ1) is 16.9. The Balaban J connectivity index is 1.96. The molecule has 0 aromatic heterocycles. The number of aromatic hydroxyl groups is 1. The minimum absolute atomic E-state index is 0.102. The Kier molecular flexibility index (Phi) is 4.67. The van der Waals surface area contributed by atoms with Crippen molar-refractivity contribution in [3.63, 3.8) is 0 Å². The normalized spacial score (nSPS) is 16.9. The van der Waals surface area contributed by atoms with Crippen LogP contribution >= 0.6 is 12.2 Å². The number of hydrogen-bond donors (Lipinski definition) is 4. The molecule has 1 aliphatic rings. The fourth-order valence-corrected chi connectivity index (χ4v) is 2.93. The summed E-state index contributed by atoms with van der Waals surface area (Å²) in [5.74, 6) is -0.830. The molecule has 1 amide bonds. The van der Waals surface area contributed by atoms with E-state index in [0.717, 1.165) is 5.56 Å². The smallest absolute Gasteiger partial charge is 0.255 e. The van der Waals surface area contributed by atoms with Crippen LogP contribution in [0, 0.1) is 5.82 Å². The van der Waals surface area contributed by atoms with Crippen LogP contribution in [0.1, 0.15) is 18.5 Å². The summed E-state index contributed by atoms with van der Waals surface area (Å²) < 4.78 is 13.8. The van der Waals surface area contributed by atoms with Crippen molar-refractivity contribution < 1.29 is 14.3 Å². The summed E-state index contributed by atoms with van der Waals surface area (Å²) in [6.45, 7) is 1.73. The van der Waals surface area contributed by atoms with E-state index < -0.39 is 17.8 Å². The Bertz CT molecular complexity index is 865. The summed E-state index contributed by atoms with van der Waals surface area (Å²) in [4.78, 5) is 12.8. The maximum absolute atomic E-state index is 13.8. The summed E-state index contributed by atoms with van der Waals surface area (Å²) in [5.41, 5.74) is 1.82. The van der Waals surface area contributed by atoms with E-state index in [0.29, 0.717) is 16.4 Å². The summed E-state index contributed by atoms with van der Waals surface area (Å²) in [7, 11) is 0. The van der Waals surface area contributed by atoms with Crippen molar-refractivity contribution in [1.82, 2.24) is 10.6 Å². The summed E-state index contributed by atoms with van der Waals surface area (Å²) in [6, 6.07) is 11.9. The first-order chi connectivity index (χ1) is 12.0. The maximum Gasteiger partial charge on any atom is 0.255 e. The second-order valence-electron chi connectivity index (χ2n) is 5.60. The fourth-order valence-electron chi connectivity index (χ4n) is 2.66. The SMILES string of the molecule is CC1=C(C(=O)Nc2ccccc2F)[C@H](c2ccc(O)cc2)NC(=S)N1. The number of amides is 1. The maximum atomic E-state index is 13.8. The van der Waals surface area contributed by atoms with Crippen LogP contribution in [-0.4, -0.2) is 16.1 Å². The summed E-state index contributed by atoms with van der Waals surface area (Å²) in [6.07, 6.45) is 0. The molecule has 3 rings (SSSR count). The van der Waals surface area contributed by atoms with E-state index in [2.05, 4.69) is 16.0 Å². The highest BCUT2D eigenvalue weighted by Crippen LogP contribution is 2.29. The second kappa shape index (κ2) is 6.90. The number of hydrogen-bond acceptors (Lipinski definition) is 3. The van der Waals surface area contributed by atoms with Gasteiger partial charge in [-0.15, -0.1) is 0 Å². The van der Waals surface area contributed by atoms with Crippen LogP contribution in [0.4, 0.5) is 10.1 Å². The third-order valence-electron chi connectivity index (χ3n) is 3.86. The van der Waals surface area contributed by atoms with Gasteiger partial charge in [0.05, 0.1) is 17.3 Å². The van der Waals surface area contributed by atoms with Crippen LogP contribution in [0.15, 0.2) is 59.8 Å². The second-order valence-corrected chi connectivity index (χ2v) is 6.00. The predicted octanol–water partition coefficient (Wildman–Crippen LogP) is 2.96. The van der Waals surface area contributed by atoms with Gasteiger partial charge in [-0.05, 0) is 49.0 Å². The van der Waals surface area contributed by atoms with Crippen LogP contribution in [0.2, 0.25) is 0 Å². The average Bonchev–Trinajstić information content (AvgIpc) is 2.57. The van der Waals surface area contributed by atoms with Gasteiger partial charge in [-0.2, -0.15) is 0 Å². The van der Waals surface area contributed by atoms with E-state index in [1.165, 1.54) is 24.3 Å². The van der Waals surface area contributed by atoms with Crippen LogP contribution < -0.4 is 16.0 Å². The quantitative estimate of drug-likeness (QED) is 0.636. The van der Waals surface area contributed by atoms with Gasteiger partial charge < -0.3 is 21.1 Å². The third-order valence-corrected chi connectivity index (χ3v) is 4.08. The van der Waals surface area contributed by atoms with Crippen molar-refractivity contribution in [1.29, 1.82) is 0 Å². The molecule has 0 saturated heterocycles. The van der Waals surface area contributed by atoms with Crippen molar-refractivity contribution in [2.24, 2.45) is 0 Å². The Hall–Kier alpha value is -2.93. The molecule has 1 heterocycles. The van der Waals surface area contributed by atoms with Crippen LogP contribution in [-0.2, 0) is 4.79 Å². The number of thiocarbonyl (C=S) groups is 1. The number of carbonyl (C=O) groups is 1. The van der Waals surface area contributed by atoms with Gasteiger partial charge in [-0.3, -0.25) is 4.79 Å². The number of phenols is 1. The molecule has 0 spiro atoms. The molecule has 0 unspecified atom stereocenters. The Morgan fingerprint density at radius 1 is 1.20 bits per heavy atom. The lowest BCUT2D eigenvalue weighted by Crippen LogP contribution is -2.45. The summed E-state index contributed by atoms with van der Waals surface area (Å²) in [5, 5.41) is 18.4. The van der Waals surface area contributed by atoms with Crippen LogP contribution in [0.25, 0.3) is 0 Å². The molecule has 1 aliphatic heterocycles. The molecular formula is C18H16FN3O2S. The van der Waals surface area contributed by atoms with Gasteiger partial charge in [-0.1, -0.05) is 24.3 Å². The standard InChI is InChI=1S/C18H16FN3O2S/c1-10-15(17(24)21-14-5-3-2-4-13(14)19)16(22-18(25)20-10)11-6-8-12(23)9-7-11/h2-9,16,23H,1H3,(H,21,24)(H2,20,22,25)/t16-/m0/s1. The zero-order chi connectivity index (χ0) is 18.0. The van der Waals surface area contributed by atoms with Gasteiger partial charge in [0.25, 0.3) is 5.91 Å². The van der Waals surface area contributed by atoms with Gasteiger partial charge in [0.15, 0.2) is 5.11 Å². The minimum atomic E-state index is -0.513. The fraction of sp³-hybridized carbons (Fsp3) is 0.111. The molecule has 25 heavy (non-hydrogen) atoms. The van der Waals surface area contributed by atoms with Gasteiger partial charge in [0.1, 0.15) is 11.6 Å². The van der Waals surface area contributed by atoms with Crippen molar-refractivity contribution in [3.05, 3.63) is 71.2 Å². The molecule has 7 heteroatoms. The molecule has 128 valence electrons. The molecule has 0 fully saturated rings.